The molecule has 0 spiro atoms. The maximum atomic E-state index is 11.3. The summed E-state index contributed by atoms with van der Waals surface area (Å²) in [6, 6.07) is 1.16. The summed E-state index contributed by atoms with van der Waals surface area (Å²) in [6.07, 6.45) is 6.36. The normalized spacial score (nSPS) is 32.9. The Morgan fingerprint density at radius 3 is 2.94 bits per heavy atom. The average molecular weight is 240 g/mol. The first kappa shape index (κ1) is 12.8. The van der Waals surface area contributed by atoms with E-state index in [-0.39, 0.29) is 5.97 Å². The highest BCUT2D eigenvalue weighted by Crippen LogP contribution is 2.31. The Bertz CT molecular complexity index is 252. The molecule has 17 heavy (non-hydrogen) atoms. The van der Waals surface area contributed by atoms with Gasteiger partial charge < -0.3 is 15.4 Å². The fourth-order valence-corrected chi connectivity index (χ4v) is 3.23. The Kier molecular flexibility index (Phi) is 4.80. The van der Waals surface area contributed by atoms with Crippen LogP contribution >= 0.6 is 0 Å². The van der Waals surface area contributed by atoms with Crippen LogP contribution < -0.4 is 10.6 Å². The van der Waals surface area contributed by atoms with Gasteiger partial charge in [-0.05, 0) is 45.1 Å². The molecule has 3 unspecified atom stereocenters. The van der Waals surface area contributed by atoms with E-state index in [1.807, 2.05) is 6.92 Å². The lowest BCUT2D eigenvalue weighted by molar-refractivity contribution is -0.142. The van der Waals surface area contributed by atoms with Crippen molar-refractivity contribution < 1.29 is 9.53 Å². The molecule has 1 heterocycles. The van der Waals surface area contributed by atoms with Crippen LogP contribution in [0.4, 0.5) is 0 Å². The zero-order valence-corrected chi connectivity index (χ0v) is 10.7. The van der Waals surface area contributed by atoms with Crippen LogP contribution in [-0.2, 0) is 9.53 Å². The van der Waals surface area contributed by atoms with Crippen molar-refractivity contribution in [3.63, 3.8) is 0 Å². The van der Waals surface area contributed by atoms with Crippen molar-refractivity contribution in [1.82, 2.24) is 10.6 Å². The molecular weight excluding hydrogens is 216 g/mol. The molecule has 1 aliphatic heterocycles. The van der Waals surface area contributed by atoms with Gasteiger partial charge in [0, 0.05) is 12.1 Å². The molecule has 0 aromatic rings. The number of esters is 1. The van der Waals surface area contributed by atoms with Crippen LogP contribution in [0.3, 0.4) is 0 Å². The number of ether oxygens (including phenoxy) is 1. The smallest absolute Gasteiger partial charge is 0.319 e. The molecule has 0 bridgehead atoms. The highest BCUT2D eigenvalue weighted by Gasteiger charge is 2.34. The Hall–Kier alpha value is -0.610. The van der Waals surface area contributed by atoms with E-state index in [1.165, 1.54) is 32.1 Å². The molecule has 1 saturated heterocycles. The summed E-state index contributed by atoms with van der Waals surface area (Å²) >= 11 is 0. The zero-order valence-electron chi connectivity index (χ0n) is 10.7. The van der Waals surface area contributed by atoms with E-state index < -0.39 is 0 Å². The first-order valence-electron chi connectivity index (χ1n) is 6.93. The Morgan fingerprint density at radius 2 is 2.24 bits per heavy atom. The fraction of sp³-hybridized carbons (Fsp3) is 0.923. The largest absolute Gasteiger partial charge is 0.465 e. The second kappa shape index (κ2) is 6.36. The second-order valence-corrected chi connectivity index (χ2v) is 5.09. The maximum absolute atomic E-state index is 11.3. The fourth-order valence-electron chi connectivity index (χ4n) is 3.23. The summed E-state index contributed by atoms with van der Waals surface area (Å²) in [7, 11) is 0. The van der Waals surface area contributed by atoms with Crippen molar-refractivity contribution in [2.45, 2.75) is 51.1 Å². The third-order valence-electron chi connectivity index (χ3n) is 4.00. The van der Waals surface area contributed by atoms with Gasteiger partial charge in [0.1, 0.15) is 0 Å². The summed E-state index contributed by atoms with van der Waals surface area (Å²) in [4.78, 5) is 11.3. The maximum Gasteiger partial charge on any atom is 0.319 e. The third kappa shape index (κ3) is 3.42. The SMILES string of the molecule is CCOC(=O)CNC1CCCC1C1CCCN1. The Labute approximate surface area is 103 Å². The standard InChI is InChI=1S/C13H24N2O2/c1-2-17-13(16)9-15-12-6-3-5-10(12)11-7-4-8-14-11/h10-12,14-15H,2-9H2,1H3. The predicted octanol–water partition coefficient (Wildman–Crippen LogP) is 1.06. The molecule has 2 fully saturated rings. The minimum Gasteiger partial charge on any atom is -0.465 e. The van der Waals surface area contributed by atoms with Gasteiger partial charge in [-0.1, -0.05) is 6.42 Å². The van der Waals surface area contributed by atoms with Crippen molar-refractivity contribution in [1.29, 1.82) is 0 Å². The molecule has 4 heteroatoms. The van der Waals surface area contributed by atoms with Gasteiger partial charge in [0.05, 0.1) is 13.2 Å². The molecule has 2 aliphatic rings. The lowest BCUT2D eigenvalue weighted by Crippen LogP contribution is -2.43. The van der Waals surface area contributed by atoms with Crippen molar-refractivity contribution in [3.05, 3.63) is 0 Å². The first-order valence-corrected chi connectivity index (χ1v) is 6.93. The van der Waals surface area contributed by atoms with Gasteiger partial charge in [-0.15, -0.1) is 0 Å². The van der Waals surface area contributed by atoms with E-state index in [2.05, 4.69) is 10.6 Å². The molecule has 0 aromatic carbocycles. The van der Waals surface area contributed by atoms with E-state index in [4.69, 9.17) is 4.74 Å². The van der Waals surface area contributed by atoms with Crippen LogP contribution in [0.5, 0.6) is 0 Å². The summed E-state index contributed by atoms with van der Waals surface area (Å²) < 4.78 is 4.95. The number of carbonyl (C=O) groups is 1. The number of rotatable bonds is 5. The van der Waals surface area contributed by atoms with Crippen molar-refractivity contribution in [2.24, 2.45) is 5.92 Å². The van der Waals surface area contributed by atoms with Crippen LogP contribution in [0.1, 0.15) is 39.0 Å². The van der Waals surface area contributed by atoms with E-state index in [0.717, 1.165) is 6.54 Å². The quantitative estimate of drug-likeness (QED) is 0.706. The van der Waals surface area contributed by atoms with Crippen LogP contribution in [0.2, 0.25) is 0 Å². The number of hydrogen-bond acceptors (Lipinski definition) is 4. The third-order valence-corrected chi connectivity index (χ3v) is 4.00. The topological polar surface area (TPSA) is 50.4 Å². The molecule has 0 aromatic heterocycles. The molecule has 0 amide bonds. The van der Waals surface area contributed by atoms with Crippen molar-refractivity contribution >= 4 is 5.97 Å². The van der Waals surface area contributed by atoms with Gasteiger partial charge in [0.15, 0.2) is 0 Å². The van der Waals surface area contributed by atoms with Gasteiger partial charge in [0.25, 0.3) is 0 Å². The van der Waals surface area contributed by atoms with Crippen LogP contribution in [0, 0.1) is 5.92 Å². The molecule has 2 rings (SSSR count). The van der Waals surface area contributed by atoms with E-state index >= 15 is 0 Å². The Morgan fingerprint density at radius 1 is 1.35 bits per heavy atom. The molecule has 1 aliphatic carbocycles. The van der Waals surface area contributed by atoms with E-state index in [1.54, 1.807) is 0 Å². The highest BCUT2D eigenvalue weighted by atomic mass is 16.5. The second-order valence-electron chi connectivity index (χ2n) is 5.09. The minimum absolute atomic E-state index is 0.127. The van der Waals surface area contributed by atoms with E-state index in [9.17, 15) is 4.79 Å². The zero-order chi connectivity index (χ0) is 12.1. The number of nitrogens with one attached hydrogen (secondary N) is 2. The van der Waals surface area contributed by atoms with Gasteiger partial charge in [0.2, 0.25) is 0 Å². The number of carbonyl (C=O) groups excluding carboxylic acids is 1. The average Bonchev–Trinajstić information content (AvgIpc) is 2.97. The van der Waals surface area contributed by atoms with Crippen LogP contribution in [-0.4, -0.2) is 37.7 Å². The predicted molar refractivity (Wildman–Crippen MR) is 66.8 cm³/mol. The van der Waals surface area contributed by atoms with Crippen LogP contribution in [0.25, 0.3) is 0 Å². The molecular formula is C13H24N2O2. The Balaban J connectivity index is 1.76. The molecule has 98 valence electrons. The molecule has 3 atom stereocenters. The highest BCUT2D eigenvalue weighted by molar-refractivity contribution is 5.71. The van der Waals surface area contributed by atoms with Gasteiger partial charge in [-0.25, -0.2) is 0 Å². The first-order chi connectivity index (χ1) is 8.31. The molecule has 1 saturated carbocycles. The minimum atomic E-state index is -0.127. The lowest BCUT2D eigenvalue weighted by atomic mass is 9.93. The van der Waals surface area contributed by atoms with Crippen molar-refractivity contribution in [2.75, 3.05) is 19.7 Å². The summed E-state index contributed by atoms with van der Waals surface area (Å²) in [5.74, 6) is 0.574. The molecule has 2 N–H and O–H groups in total. The van der Waals surface area contributed by atoms with Gasteiger partial charge in [-0.3, -0.25) is 4.79 Å². The summed E-state index contributed by atoms with van der Waals surface area (Å²) in [5, 5.41) is 6.96. The van der Waals surface area contributed by atoms with Gasteiger partial charge >= 0.3 is 5.97 Å². The molecule has 0 radical (unpaired) electrons. The van der Waals surface area contributed by atoms with Gasteiger partial charge in [-0.2, -0.15) is 0 Å². The number of hydrogen-bond donors (Lipinski definition) is 2. The summed E-state index contributed by atoms with van der Waals surface area (Å²) in [6.45, 7) is 3.84. The monoisotopic (exact) mass is 240 g/mol. The molecule has 4 nitrogen and oxygen atoms in total. The summed E-state index contributed by atoms with van der Waals surface area (Å²) in [5.41, 5.74) is 0. The van der Waals surface area contributed by atoms with Crippen molar-refractivity contribution in [3.8, 4) is 0 Å². The van der Waals surface area contributed by atoms with E-state index in [0.29, 0.717) is 31.2 Å². The van der Waals surface area contributed by atoms with Crippen LogP contribution in [0.15, 0.2) is 0 Å². The lowest BCUT2D eigenvalue weighted by Gasteiger charge is -2.26.